The summed E-state index contributed by atoms with van der Waals surface area (Å²) in [4.78, 5) is 0. The summed E-state index contributed by atoms with van der Waals surface area (Å²) in [5.41, 5.74) is 1.94. The van der Waals surface area contributed by atoms with Crippen molar-refractivity contribution in [1.29, 1.82) is 0 Å². The Morgan fingerprint density at radius 2 is 2.08 bits per heavy atom. The van der Waals surface area contributed by atoms with Crippen molar-refractivity contribution in [3.8, 4) is 0 Å². The lowest BCUT2D eigenvalue weighted by Gasteiger charge is -2.07. The fourth-order valence-corrected chi connectivity index (χ4v) is 1.10. The standard InChI is InChI=1S/C12H19N/c1-6-8-10(3)9-12(5)13-11(4)7-2/h6-10,13H,2,4H2,1,3,5H3/b8-6-,12-9-. The molecule has 0 aromatic heterocycles. The van der Waals surface area contributed by atoms with Crippen LogP contribution in [0.5, 0.6) is 0 Å². The van der Waals surface area contributed by atoms with Crippen LogP contribution >= 0.6 is 0 Å². The number of hydrogen-bond acceptors (Lipinski definition) is 1. The first-order valence-corrected chi connectivity index (χ1v) is 4.49. The van der Waals surface area contributed by atoms with E-state index in [2.05, 4.69) is 43.6 Å². The maximum atomic E-state index is 3.78. The smallest absolute Gasteiger partial charge is 0.0302 e. The highest BCUT2D eigenvalue weighted by molar-refractivity contribution is 5.16. The van der Waals surface area contributed by atoms with Gasteiger partial charge in [-0.05, 0) is 25.8 Å². The fourth-order valence-electron chi connectivity index (χ4n) is 1.10. The number of allylic oxidation sites excluding steroid dienone is 5. The first-order chi connectivity index (χ1) is 6.10. The maximum Gasteiger partial charge on any atom is 0.0302 e. The van der Waals surface area contributed by atoms with E-state index in [9.17, 15) is 0 Å². The minimum absolute atomic E-state index is 0.454. The van der Waals surface area contributed by atoms with Crippen molar-refractivity contribution >= 4 is 0 Å². The molecule has 0 aliphatic heterocycles. The van der Waals surface area contributed by atoms with Crippen molar-refractivity contribution in [3.63, 3.8) is 0 Å². The Balaban J connectivity index is 4.15. The van der Waals surface area contributed by atoms with Crippen LogP contribution in [0.1, 0.15) is 20.8 Å². The molecule has 1 unspecified atom stereocenters. The molecule has 0 saturated heterocycles. The van der Waals surface area contributed by atoms with Crippen molar-refractivity contribution in [3.05, 3.63) is 48.9 Å². The zero-order valence-corrected chi connectivity index (χ0v) is 8.80. The highest BCUT2D eigenvalue weighted by atomic mass is 14.9. The van der Waals surface area contributed by atoms with Gasteiger partial charge in [0, 0.05) is 11.4 Å². The molecule has 0 radical (unpaired) electrons. The molecule has 0 aliphatic carbocycles. The molecule has 0 spiro atoms. The third-order valence-electron chi connectivity index (χ3n) is 1.61. The third kappa shape index (κ3) is 5.97. The predicted molar refractivity (Wildman–Crippen MR) is 60.2 cm³/mol. The molecule has 0 fully saturated rings. The van der Waals surface area contributed by atoms with E-state index in [1.165, 1.54) is 0 Å². The van der Waals surface area contributed by atoms with Crippen LogP contribution < -0.4 is 5.32 Å². The van der Waals surface area contributed by atoms with Gasteiger partial charge in [0.05, 0.1) is 0 Å². The van der Waals surface area contributed by atoms with Gasteiger partial charge in [-0.1, -0.05) is 38.3 Å². The first-order valence-electron chi connectivity index (χ1n) is 4.49. The van der Waals surface area contributed by atoms with Crippen LogP contribution in [-0.2, 0) is 0 Å². The van der Waals surface area contributed by atoms with Crippen molar-refractivity contribution in [1.82, 2.24) is 5.32 Å². The van der Waals surface area contributed by atoms with E-state index in [0.29, 0.717) is 5.92 Å². The molecule has 0 saturated carbocycles. The van der Waals surface area contributed by atoms with Gasteiger partial charge in [0.1, 0.15) is 0 Å². The van der Waals surface area contributed by atoms with Crippen LogP contribution in [0.4, 0.5) is 0 Å². The van der Waals surface area contributed by atoms with Crippen LogP contribution in [0.2, 0.25) is 0 Å². The molecule has 0 bridgehead atoms. The Hall–Kier alpha value is -1.24. The molecule has 0 heterocycles. The fraction of sp³-hybridized carbons (Fsp3) is 0.333. The van der Waals surface area contributed by atoms with Crippen LogP contribution in [0, 0.1) is 5.92 Å². The Morgan fingerprint density at radius 1 is 1.46 bits per heavy atom. The monoisotopic (exact) mass is 177 g/mol. The van der Waals surface area contributed by atoms with Crippen LogP contribution in [0.3, 0.4) is 0 Å². The molecule has 1 nitrogen and oxygen atoms in total. The van der Waals surface area contributed by atoms with Gasteiger partial charge in [0.2, 0.25) is 0 Å². The van der Waals surface area contributed by atoms with Gasteiger partial charge in [-0.2, -0.15) is 0 Å². The maximum absolute atomic E-state index is 3.78. The average Bonchev–Trinajstić information content (AvgIpc) is 2.04. The molecule has 72 valence electrons. The largest absolute Gasteiger partial charge is 0.360 e. The molecular formula is C12H19N. The van der Waals surface area contributed by atoms with Gasteiger partial charge in [-0.3, -0.25) is 0 Å². The first kappa shape index (κ1) is 11.8. The van der Waals surface area contributed by atoms with E-state index in [1.807, 2.05) is 13.8 Å². The Labute approximate surface area is 81.5 Å². The van der Waals surface area contributed by atoms with Gasteiger partial charge in [-0.15, -0.1) is 0 Å². The summed E-state index contributed by atoms with van der Waals surface area (Å²) in [5, 5.41) is 3.13. The van der Waals surface area contributed by atoms with E-state index in [0.717, 1.165) is 11.4 Å². The average molecular weight is 177 g/mol. The Kier molecular flexibility index (Phi) is 5.69. The molecule has 0 aromatic carbocycles. The summed E-state index contributed by atoms with van der Waals surface area (Å²) >= 11 is 0. The number of nitrogens with one attached hydrogen (secondary N) is 1. The minimum atomic E-state index is 0.454. The normalized spacial score (nSPS) is 14.2. The lowest BCUT2D eigenvalue weighted by molar-refractivity contribution is 0.886. The Bertz CT molecular complexity index is 234. The minimum Gasteiger partial charge on any atom is -0.360 e. The number of hydrogen-bond donors (Lipinski definition) is 1. The van der Waals surface area contributed by atoms with Gasteiger partial charge >= 0.3 is 0 Å². The summed E-state index contributed by atoms with van der Waals surface area (Å²) < 4.78 is 0. The van der Waals surface area contributed by atoms with Crippen molar-refractivity contribution in [2.45, 2.75) is 20.8 Å². The van der Waals surface area contributed by atoms with E-state index < -0.39 is 0 Å². The molecular weight excluding hydrogens is 158 g/mol. The summed E-state index contributed by atoms with van der Waals surface area (Å²) in [6.45, 7) is 13.6. The molecule has 1 heteroatoms. The number of rotatable bonds is 5. The van der Waals surface area contributed by atoms with E-state index in [4.69, 9.17) is 0 Å². The van der Waals surface area contributed by atoms with Gasteiger partial charge in [-0.25, -0.2) is 0 Å². The lowest BCUT2D eigenvalue weighted by Crippen LogP contribution is -2.08. The molecule has 0 amide bonds. The molecule has 13 heavy (non-hydrogen) atoms. The topological polar surface area (TPSA) is 12.0 Å². The summed E-state index contributed by atoms with van der Waals surface area (Å²) in [5.74, 6) is 0.454. The van der Waals surface area contributed by atoms with Gasteiger partial charge in [0.25, 0.3) is 0 Å². The molecule has 1 atom stereocenters. The molecule has 1 N–H and O–H groups in total. The van der Waals surface area contributed by atoms with E-state index >= 15 is 0 Å². The van der Waals surface area contributed by atoms with Gasteiger partial charge < -0.3 is 5.32 Å². The highest BCUT2D eigenvalue weighted by Gasteiger charge is 1.93. The highest BCUT2D eigenvalue weighted by Crippen LogP contribution is 2.03. The zero-order chi connectivity index (χ0) is 10.3. The molecule has 0 aromatic rings. The molecule has 0 rings (SSSR count). The van der Waals surface area contributed by atoms with Crippen LogP contribution in [0.25, 0.3) is 0 Å². The molecule has 0 aliphatic rings. The Morgan fingerprint density at radius 3 is 2.54 bits per heavy atom. The second-order valence-electron chi connectivity index (χ2n) is 3.09. The zero-order valence-electron chi connectivity index (χ0n) is 8.80. The van der Waals surface area contributed by atoms with E-state index in [-0.39, 0.29) is 0 Å². The second kappa shape index (κ2) is 6.30. The van der Waals surface area contributed by atoms with Crippen molar-refractivity contribution in [2.75, 3.05) is 0 Å². The summed E-state index contributed by atoms with van der Waals surface area (Å²) in [7, 11) is 0. The summed E-state index contributed by atoms with van der Waals surface area (Å²) in [6.07, 6.45) is 8.05. The SMILES string of the molecule is C=CC(=C)N/C(C)=C\C(C)/C=C\C. The quantitative estimate of drug-likeness (QED) is 0.501. The van der Waals surface area contributed by atoms with Crippen LogP contribution in [-0.4, -0.2) is 0 Å². The van der Waals surface area contributed by atoms with Crippen molar-refractivity contribution < 1.29 is 0 Å². The second-order valence-corrected chi connectivity index (χ2v) is 3.09. The van der Waals surface area contributed by atoms with Crippen molar-refractivity contribution in [2.24, 2.45) is 5.92 Å². The predicted octanol–water partition coefficient (Wildman–Crippen LogP) is 3.39. The lowest BCUT2D eigenvalue weighted by atomic mass is 10.1. The van der Waals surface area contributed by atoms with Gasteiger partial charge in [0.15, 0.2) is 0 Å². The van der Waals surface area contributed by atoms with Crippen LogP contribution in [0.15, 0.2) is 48.9 Å². The third-order valence-corrected chi connectivity index (χ3v) is 1.61. The summed E-state index contributed by atoms with van der Waals surface area (Å²) in [6, 6.07) is 0. The van der Waals surface area contributed by atoms with E-state index in [1.54, 1.807) is 6.08 Å².